The largest absolute Gasteiger partial charge is 0.459 e. The first-order chi connectivity index (χ1) is 6.27. The van der Waals surface area contributed by atoms with Crippen LogP contribution in [0, 0.1) is 0 Å². The van der Waals surface area contributed by atoms with Gasteiger partial charge in [0.15, 0.2) is 0 Å². The minimum absolute atomic E-state index is 0.0416. The van der Waals surface area contributed by atoms with Crippen molar-refractivity contribution in [2.75, 3.05) is 0 Å². The molecule has 0 aromatic heterocycles. The van der Waals surface area contributed by atoms with Crippen molar-refractivity contribution >= 4 is 5.97 Å². The fourth-order valence-electron chi connectivity index (χ4n) is 1.60. The Morgan fingerprint density at radius 3 is 3.00 bits per heavy atom. The van der Waals surface area contributed by atoms with E-state index in [-0.39, 0.29) is 12.1 Å². The molecule has 1 aliphatic heterocycles. The molecule has 0 saturated heterocycles. The van der Waals surface area contributed by atoms with E-state index in [4.69, 9.17) is 4.74 Å². The van der Waals surface area contributed by atoms with Crippen molar-refractivity contribution in [1.29, 1.82) is 0 Å². The van der Waals surface area contributed by atoms with Gasteiger partial charge in [0.25, 0.3) is 0 Å². The zero-order valence-corrected chi connectivity index (χ0v) is 7.62. The second kappa shape index (κ2) is 3.21. The van der Waals surface area contributed by atoms with E-state index in [9.17, 15) is 4.79 Å². The van der Waals surface area contributed by atoms with Crippen LogP contribution in [0.15, 0.2) is 24.3 Å². The predicted molar refractivity (Wildman–Crippen MR) is 49.6 cm³/mol. The summed E-state index contributed by atoms with van der Waals surface area (Å²) in [6, 6.07) is 7.66. The van der Waals surface area contributed by atoms with Gasteiger partial charge in [-0.05, 0) is 31.4 Å². The third-order valence-corrected chi connectivity index (χ3v) is 2.37. The fourth-order valence-corrected chi connectivity index (χ4v) is 1.60. The van der Waals surface area contributed by atoms with E-state index < -0.39 is 0 Å². The lowest BCUT2D eigenvalue weighted by molar-refractivity contribution is 0.0344. The van der Waals surface area contributed by atoms with Crippen molar-refractivity contribution in [3.63, 3.8) is 0 Å². The molecule has 0 aliphatic carbocycles. The maximum Gasteiger partial charge on any atom is 0.338 e. The van der Waals surface area contributed by atoms with Crippen LogP contribution in [0.1, 0.15) is 29.3 Å². The molecule has 1 aromatic carbocycles. The summed E-state index contributed by atoms with van der Waals surface area (Å²) in [6.07, 6.45) is 1.89. The summed E-state index contributed by atoms with van der Waals surface area (Å²) in [6.45, 7) is 1.93. The number of hydrogen-bond acceptors (Lipinski definition) is 2. The van der Waals surface area contributed by atoms with Gasteiger partial charge >= 0.3 is 5.97 Å². The fraction of sp³-hybridized carbons (Fsp3) is 0.364. The molecule has 0 bridgehead atoms. The van der Waals surface area contributed by atoms with E-state index in [1.807, 2.05) is 31.2 Å². The van der Waals surface area contributed by atoms with Gasteiger partial charge in [-0.25, -0.2) is 4.79 Å². The van der Waals surface area contributed by atoms with Gasteiger partial charge in [-0.15, -0.1) is 0 Å². The van der Waals surface area contributed by atoms with E-state index in [1.165, 1.54) is 0 Å². The van der Waals surface area contributed by atoms with Gasteiger partial charge in [-0.3, -0.25) is 0 Å². The Labute approximate surface area is 77.5 Å². The first-order valence-corrected chi connectivity index (χ1v) is 4.56. The molecule has 13 heavy (non-hydrogen) atoms. The quantitative estimate of drug-likeness (QED) is 0.566. The lowest BCUT2D eigenvalue weighted by atomic mass is 10.0. The molecule has 1 aromatic rings. The molecular weight excluding hydrogens is 164 g/mol. The third-order valence-electron chi connectivity index (χ3n) is 2.37. The monoisotopic (exact) mass is 176 g/mol. The Balaban J connectivity index is 2.40. The Hall–Kier alpha value is -1.31. The van der Waals surface area contributed by atoms with Gasteiger partial charge in [-0.1, -0.05) is 18.2 Å². The summed E-state index contributed by atoms with van der Waals surface area (Å²) >= 11 is 0. The van der Waals surface area contributed by atoms with E-state index >= 15 is 0 Å². The highest BCUT2D eigenvalue weighted by molar-refractivity contribution is 5.91. The standard InChI is InChI=1S/C11H12O2/c1-8-6-7-9-4-2-3-5-10(9)11(12)13-8/h2-5,8H,6-7H2,1H3. The zero-order chi connectivity index (χ0) is 9.26. The summed E-state index contributed by atoms with van der Waals surface area (Å²) in [5.41, 5.74) is 1.84. The predicted octanol–water partition coefficient (Wildman–Crippen LogP) is 2.18. The second-order valence-corrected chi connectivity index (χ2v) is 3.41. The van der Waals surface area contributed by atoms with Crippen molar-refractivity contribution < 1.29 is 9.53 Å². The Bertz CT molecular complexity index is 331. The van der Waals surface area contributed by atoms with Crippen LogP contribution in [0.5, 0.6) is 0 Å². The number of esters is 1. The number of cyclic esters (lactones) is 1. The van der Waals surface area contributed by atoms with Gasteiger partial charge in [0.2, 0.25) is 0 Å². The van der Waals surface area contributed by atoms with Gasteiger partial charge in [0.05, 0.1) is 11.7 Å². The van der Waals surface area contributed by atoms with Gasteiger partial charge < -0.3 is 4.74 Å². The number of rotatable bonds is 0. The highest BCUT2D eigenvalue weighted by atomic mass is 16.5. The van der Waals surface area contributed by atoms with E-state index in [2.05, 4.69) is 0 Å². The normalized spacial score (nSPS) is 21.6. The highest BCUT2D eigenvalue weighted by Crippen LogP contribution is 2.19. The summed E-state index contributed by atoms with van der Waals surface area (Å²) in [5, 5.41) is 0. The second-order valence-electron chi connectivity index (χ2n) is 3.41. The summed E-state index contributed by atoms with van der Waals surface area (Å²) in [5.74, 6) is -0.180. The van der Waals surface area contributed by atoms with E-state index in [0.29, 0.717) is 0 Å². The Kier molecular flexibility index (Phi) is 2.05. The minimum Gasteiger partial charge on any atom is -0.459 e. The van der Waals surface area contributed by atoms with Crippen molar-refractivity contribution in [2.24, 2.45) is 0 Å². The first kappa shape index (κ1) is 8.30. The summed E-state index contributed by atoms with van der Waals surface area (Å²) in [4.78, 5) is 11.5. The molecule has 0 radical (unpaired) electrons. The number of benzene rings is 1. The number of carbonyl (C=O) groups is 1. The van der Waals surface area contributed by atoms with E-state index in [0.717, 1.165) is 24.0 Å². The van der Waals surface area contributed by atoms with Crippen LogP contribution in [0.4, 0.5) is 0 Å². The molecule has 0 N–H and O–H groups in total. The molecular formula is C11H12O2. The topological polar surface area (TPSA) is 26.3 Å². The molecule has 1 unspecified atom stereocenters. The van der Waals surface area contributed by atoms with Gasteiger partial charge in [-0.2, -0.15) is 0 Å². The van der Waals surface area contributed by atoms with Crippen LogP contribution in [0.2, 0.25) is 0 Å². The van der Waals surface area contributed by atoms with E-state index in [1.54, 1.807) is 0 Å². The van der Waals surface area contributed by atoms with Crippen molar-refractivity contribution in [3.8, 4) is 0 Å². The molecule has 68 valence electrons. The minimum atomic E-state index is -0.180. The van der Waals surface area contributed by atoms with Crippen LogP contribution < -0.4 is 0 Å². The molecule has 2 heteroatoms. The average Bonchev–Trinajstić information content (AvgIpc) is 2.27. The molecule has 0 saturated carbocycles. The van der Waals surface area contributed by atoms with Crippen LogP contribution in [0.3, 0.4) is 0 Å². The number of fused-ring (bicyclic) bond motifs is 1. The average molecular weight is 176 g/mol. The van der Waals surface area contributed by atoms with Crippen molar-refractivity contribution in [2.45, 2.75) is 25.9 Å². The highest BCUT2D eigenvalue weighted by Gasteiger charge is 2.19. The van der Waals surface area contributed by atoms with Gasteiger partial charge in [0, 0.05) is 0 Å². The van der Waals surface area contributed by atoms with Crippen LogP contribution in [0.25, 0.3) is 0 Å². The Morgan fingerprint density at radius 2 is 2.15 bits per heavy atom. The molecule has 2 nitrogen and oxygen atoms in total. The van der Waals surface area contributed by atoms with Crippen LogP contribution >= 0.6 is 0 Å². The SMILES string of the molecule is CC1CCc2ccccc2C(=O)O1. The summed E-state index contributed by atoms with van der Waals surface area (Å²) < 4.78 is 5.20. The van der Waals surface area contributed by atoms with Crippen molar-refractivity contribution in [1.82, 2.24) is 0 Å². The zero-order valence-electron chi connectivity index (χ0n) is 7.62. The van der Waals surface area contributed by atoms with Crippen LogP contribution in [-0.4, -0.2) is 12.1 Å². The molecule has 0 spiro atoms. The van der Waals surface area contributed by atoms with Crippen LogP contribution in [-0.2, 0) is 11.2 Å². The number of carbonyl (C=O) groups excluding carboxylic acids is 1. The molecule has 1 atom stereocenters. The maximum absolute atomic E-state index is 11.5. The molecule has 0 amide bonds. The van der Waals surface area contributed by atoms with Gasteiger partial charge in [0.1, 0.15) is 0 Å². The first-order valence-electron chi connectivity index (χ1n) is 4.56. The Morgan fingerprint density at radius 1 is 1.38 bits per heavy atom. The molecule has 0 fully saturated rings. The summed E-state index contributed by atoms with van der Waals surface area (Å²) in [7, 11) is 0. The third kappa shape index (κ3) is 1.57. The maximum atomic E-state index is 11.5. The molecule has 1 heterocycles. The number of hydrogen-bond donors (Lipinski definition) is 0. The smallest absolute Gasteiger partial charge is 0.338 e. The lowest BCUT2D eigenvalue weighted by Crippen LogP contribution is -2.11. The molecule has 2 rings (SSSR count). The molecule has 1 aliphatic rings. The lowest BCUT2D eigenvalue weighted by Gasteiger charge is -2.07. The number of aryl methyl sites for hydroxylation is 1. The number of ether oxygens (including phenoxy) is 1. The van der Waals surface area contributed by atoms with Crippen molar-refractivity contribution in [3.05, 3.63) is 35.4 Å².